The zero-order valence-electron chi connectivity index (χ0n) is 26.9. The number of anilines is 2. The van der Waals surface area contributed by atoms with Gasteiger partial charge in [0.25, 0.3) is 0 Å². The lowest BCUT2D eigenvalue weighted by Gasteiger charge is -2.42. The van der Waals surface area contributed by atoms with Crippen molar-refractivity contribution in [3.8, 4) is 41.2 Å². The van der Waals surface area contributed by atoms with E-state index in [1.807, 2.05) is 11.0 Å². The normalized spacial score (nSPS) is 24.0. The van der Waals surface area contributed by atoms with Gasteiger partial charge in [-0.25, -0.2) is 23.1 Å². The molecule has 13 heteroatoms. The Hall–Kier alpha value is -5.35. The van der Waals surface area contributed by atoms with Gasteiger partial charge in [-0.05, 0) is 61.9 Å². The van der Waals surface area contributed by atoms with Gasteiger partial charge in [0, 0.05) is 42.2 Å². The van der Waals surface area contributed by atoms with Gasteiger partial charge >= 0.3 is 6.01 Å². The fourth-order valence-electron chi connectivity index (χ4n) is 8.25. The maximum Gasteiger partial charge on any atom is 0.319 e. The van der Waals surface area contributed by atoms with Crippen molar-refractivity contribution in [1.82, 2.24) is 24.8 Å². The van der Waals surface area contributed by atoms with E-state index in [-0.39, 0.29) is 69.5 Å². The summed E-state index contributed by atoms with van der Waals surface area (Å²) in [5.41, 5.74) is 6.13. The first-order valence-electron chi connectivity index (χ1n) is 16.7. The number of benzene rings is 2. The van der Waals surface area contributed by atoms with Gasteiger partial charge in [0.05, 0.1) is 17.1 Å². The van der Waals surface area contributed by atoms with E-state index in [0.717, 1.165) is 31.4 Å². The highest BCUT2D eigenvalue weighted by Gasteiger charge is 2.50. The molecule has 0 unspecified atom stereocenters. The molecule has 3 fully saturated rings. The molecule has 254 valence electrons. The maximum absolute atomic E-state index is 17.2. The molecule has 2 saturated heterocycles. The molecule has 3 N–H and O–H groups in total. The molecule has 5 aromatic rings. The molecule has 9 rings (SSSR count). The number of rotatable bonds is 6. The molecule has 2 aromatic carbocycles. The number of ether oxygens (including phenoxy) is 2. The summed E-state index contributed by atoms with van der Waals surface area (Å²) in [5.74, 6) is 1.44. The van der Waals surface area contributed by atoms with Gasteiger partial charge < -0.3 is 25.2 Å². The molecule has 3 aliphatic heterocycles. The number of phenols is 1. The van der Waals surface area contributed by atoms with Crippen molar-refractivity contribution in [3.05, 3.63) is 65.4 Å². The summed E-state index contributed by atoms with van der Waals surface area (Å²) in [5, 5.41) is 11.5. The third-order valence-electron chi connectivity index (χ3n) is 10.8. The van der Waals surface area contributed by atoms with Crippen LogP contribution in [0.15, 0.2) is 42.6 Å². The number of pyridine rings is 2. The van der Waals surface area contributed by atoms with Crippen LogP contribution in [0.25, 0.3) is 32.9 Å². The second kappa shape index (κ2) is 11.3. The van der Waals surface area contributed by atoms with Crippen LogP contribution in [0, 0.1) is 24.0 Å². The Morgan fingerprint density at radius 1 is 1.14 bits per heavy atom. The minimum absolute atomic E-state index is 0.0733. The van der Waals surface area contributed by atoms with E-state index in [1.165, 1.54) is 24.3 Å². The van der Waals surface area contributed by atoms with Crippen LogP contribution in [0.2, 0.25) is 0 Å². The van der Waals surface area contributed by atoms with Crippen LogP contribution in [0.1, 0.15) is 43.2 Å². The number of fused-ring (bicyclic) bond motifs is 3. The minimum Gasteiger partial charge on any atom is -0.508 e. The van der Waals surface area contributed by atoms with Crippen LogP contribution < -0.4 is 20.1 Å². The van der Waals surface area contributed by atoms with Crippen LogP contribution in [0.3, 0.4) is 0 Å². The van der Waals surface area contributed by atoms with Gasteiger partial charge in [-0.3, -0.25) is 4.90 Å². The predicted molar refractivity (Wildman–Crippen MR) is 181 cm³/mol. The van der Waals surface area contributed by atoms with Gasteiger partial charge in [-0.2, -0.15) is 9.97 Å². The fourth-order valence-corrected chi connectivity index (χ4v) is 8.25. The van der Waals surface area contributed by atoms with Crippen LogP contribution >= 0.6 is 0 Å². The van der Waals surface area contributed by atoms with Crippen LogP contribution in [-0.2, 0) is 6.54 Å². The monoisotopic (exact) mass is 679 g/mol. The molecule has 0 bridgehead atoms. The van der Waals surface area contributed by atoms with E-state index in [2.05, 4.69) is 20.8 Å². The molecule has 3 aromatic heterocycles. The number of nitrogens with zero attached hydrogens (tertiary/aromatic N) is 6. The SMILES string of the molecule is C#Cc1c(F)ccc2cc(O)cc(-c3nc4c5c(nc(OC[C@@]67CCCN6C[C@H](F)C7)nc5c3F)N(Cc3cccnc3N)[C@@H]3CC[C@@H]3O4)c12. The summed E-state index contributed by atoms with van der Waals surface area (Å²) in [6, 6.07) is 8.79. The molecule has 10 nitrogen and oxygen atoms in total. The molecule has 4 aliphatic rings. The molecule has 4 atom stereocenters. The smallest absolute Gasteiger partial charge is 0.319 e. The first-order chi connectivity index (χ1) is 24.2. The van der Waals surface area contributed by atoms with Crippen LogP contribution in [0.4, 0.5) is 24.8 Å². The second-order valence-electron chi connectivity index (χ2n) is 13.6. The predicted octanol–water partition coefficient (Wildman–Crippen LogP) is 5.67. The number of hydrogen-bond donors (Lipinski definition) is 2. The van der Waals surface area contributed by atoms with Crippen LogP contribution in [-0.4, -0.2) is 73.5 Å². The molecule has 6 heterocycles. The average Bonchev–Trinajstić information content (AvgIpc) is 3.60. The summed E-state index contributed by atoms with van der Waals surface area (Å²) in [6.45, 7) is 1.55. The number of halogens is 3. The average molecular weight is 680 g/mol. The van der Waals surface area contributed by atoms with Gasteiger partial charge in [0.15, 0.2) is 5.82 Å². The Kier molecular flexibility index (Phi) is 6.96. The zero-order valence-corrected chi connectivity index (χ0v) is 26.9. The molecule has 0 amide bonds. The lowest BCUT2D eigenvalue weighted by Crippen LogP contribution is -2.52. The van der Waals surface area contributed by atoms with Crippen molar-refractivity contribution in [2.75, 3.05) is 30.3 Å². The first-order valence-corrected chi connectivity index (χ1v) is 16.7. The van der Waals surface area contributed by atoms with Crippen molar-refractivity contribution >= 4 is 33.3 Å². The maximum atomic E-state index is 17.2. The number of aromatic nitrogens is 4. The Morgan fingerprint density at radius 3 is 2.82 bits per heavy atom. The van der Waals surface area contributed by atoms with E-state index in [0.29, 0.717) is 43.0 Å². The molecule has 1 aliphatic carbocycles. The molecular formula is C37H32F3N7O3. The van der Waals surface area contributed by atoms with Gasteiger partial charge in [-0.15, -0.1) is 6.42 Å². The molecule has 50 heavy (non-hydrogen) atoms. The number of hydrogen-bond acceptors (Lipinski definition) is 10. The highest BCUT2D eigenvalue weighted by atomic mass is 19.1. The van der Waals surface area contributed by atoms with E-state index in [9.17, 15) is 9.50 Å². The van der Waals surface area contributed by atoms with E-state index in [4.69, 9.17) is 31.6 Å². The minimum atomic E-state index is -0.960. The highest BCUT2D eigenvalue weighted by Crippen LogP contribution is 2.47. The summed E-state index contributed by atoms with van der Waals surface area (Å²) < 4.78 is 59.7. The highest BCUT2D eigenvalue weighted by molar-refractivity contribution is 6.04. The largest absolute Gasteiger partial charge is 0.508 e. The third kappa shape index (κ3) is 4.69. The lowest BCUT2D eigenvalue weighted by molar-refractivity contribution is 0.0871. The van der Waals surface area contributed by atoms with E-state index >= 15 is 8.78 Å². The summed E-state index contributed by atoms with van der Waals surface area (Å²) >= 11 is 0. The Bertz CT molecular complexity index is 2260. The second-order valence-corrected chi connectivity index (χ2v) is 13.6. The Labute approximate surface area is 285 Å². The van der Waals surface area contributed by atoms with Crippen LogP contribution in [0.5, 0.6) is 17.6 Å². The molecule has 1 saturated carbocycles. The topological polar surface area (TPSA) is 123 Å². The van der Waals surface area contributed by atoms with Gasteiger partial charge in [0.1, 0.15) is 58.7 Å². The Morgan fingerprint density at radius 2 is 2.02 bits per heavy atom. The number of nitrogen functional groups attached to an aromatic ring is 1. The first kappa shape index (κ1) is 30.7. The number of terminal acetylenes is 1. The lowest BCUT2D eigenvalue weighted by atomic mass is 9.87. The number of nitrogens with two attached hydrogens (primary N) is 1. The van der Waals surface area contributed by atoms with Crippen molar-refractivity contribution in [2.24, 2.45) is 0 Å². The van der Waals surface area contributed by atoms with Crippen molar-refractivity contribution < 1.29 is 27.8 Å². The van der Waals surface area contributed by atoms with Crippen molar-refractivity contribution in [1.29, 1.82) is 0 Å². The fraction of sp³-hybridized carbons (Fsp3) is 0.351. The number of aromatic hydroxyl groups is 1. The molecule has 0 spiro atoms. The zero-order chi connectivity index (χ0) is 34.3. The van der Waals surface area contributed by atoms with E-state index < -0.39 is 23.3 Å². The summed E-state index contributed by atoms with van der Waals surface area (Å²) in [6.07, 6.45) is 9.55. The van der Waals surface area contributed by atoms with Gasteiger partial charge in [-0.1, -0.05) is 18.1 Å². The summed E-state index contributed by atoms with van der Waals surface area (Å²) in [7, 11) is 0. The van der Waals surface area contributed by atoms with Crippen molar-refractivity contribution in [3.63, 3.8) is 0 Å². The number of alkyl halides is 1. The third-order valence-corrected chi connectivity index (χ3v) is 10.8. The molecule has 0 radical (unpaired) electrons. The van der Waals surface area contributed by atoms with Crippen molar-refractivity contribution in [2.45, 2.75) is 62.5 Å². The Balaban J connectivity index is 1.26. The standard InChI is InChI=1S/C37H32F3N7O3/c1-2-23-25(39)7-6-19-13-22(48)14-24(28(19)23)31-30(40)32-29-34(45-36(44-32)49-18-37-10-4-12-46(37)17-21(38)15-37)47(16-20-5-3-11-42-33(20)41)26-8-9-27(26)50-35(29)43-31/h1,3,5-7,11,13-14,21,26-27,48H,4,8-10,12,15-18H2,(H2,41,42)/t21-,26-,27+,37+/m1/s1. The summed E-state index contributed by atoms with van der Waals surface area (Å²) in [4.78, 5) is 22.6. The van der Waals surface area contributed by atoms with E-state index in [1.54, 1.807) is 12.3 Å². The quantitative estimate of drug-likeness (QED) is 0.217. The van der Waals surface area contributed by atoms with Gasteiger partial charge in [0.2, 0.25) is 5.88 Å². The number of phenolic OH excluding ortho intramolecular Hbond substituents is 1. The molecular weight excluding hydrogens is 647 g/mol.